The van der Waals surface area contributed by atoms with Crippen molar-refractivity contribution in [3.05, 3.63) is 0 Å². The van der Waals surface area contributed by atoms with Gasteiger partial charge in [-0.05, 0) is 25.8 Å². The molecule has 2 saturated heterocycles. The molecule has 102 valence electrons. The number of hydrogen-bond acceptors (Lipinski definition) is 3. The van der Waals surface area contributed by atoms with Crippen molar-refractivity contribution in [1.82, 2.24) is 10.2 Å². The molecule has 0 saturated carbocycles. The van der Waals surface area contributed by atoms with Gasteiger partial charge in [0.25, 0.3) is 0 Å². The molecule has 2 rings (SSSR count). The predicted molar refractivity (Wildman–Crippen MR) is 68.7 cm³/mol. The number of amides is 2. The first-order valence-corrected chi connectivity index (χ1v) is 6.88. The predicted octanol–water partition coefficient (Wildman–Crippen LogP) is 0.100. The number of carbonyl (C=O) groups excluding carboxylic acids is 2. The van der Waals surface area contributed by atoms with E-state index in [1.807, 2.05) is 4.90 Å². The van der Waals surface area contributed by atoms with E-state index in [1.165, 1.54) is 0 Å². The molecule has 2 aliphatic rings. The Morgan fingerprint density at radius 1 is 1.50 bits per heavy atom. The fourth-order valence-corrected chi connectivity index (χ4v) is 3.24. The van der Waals surface area contributed by atoms with E-state index in [1.54, 1.807) is 0 Å². The monoisotopic (exact) mass is 253 g/mol. The molecule has 0 radical (unpaired) electrons. The molecule has 0 aromatic heterocycles. The van der Waals surface area contributed by atoms with Gasteiger partial charge in [-0.25, -0.2) is 0 Å². The molecule has 2 unspecified atom stereocenters. The number of nitrogens with two attached hydrogens (primary N) is 1. The number of hydrogen-bond donors (Lipinski definition) is 2. The number of rotatable bonds is 4. The maximum Gasteiger partial charge on any atom is 0.230 e. The van der Waals surface area contributed by atoms with Crippen LogP contribution < -0.4 is 11.1 Å². The molecular formula is C13H23N3O2. The zero-order valence-electron chi connectivity index (χ0n) is 11.1. The number of primary amides is 1. The lowest BCUT2D eigenvalue weighted by atomic mass is 9.81. The van der Waals surface area contributed by atoms with Gasteiger partial charge in [-0.2, -0.15) is 0 Å². The fraction of sp³-hybridized carbons (Fsp3) is 0.846. The fourth-order valence-electron chi connectivity index (χ4n) is 3.24. The molecule has 0 spiro atoms. The largest absolute Gasteiger partial charge is 0.369 e. The lowest BCUT2D eigenvalue weighted by molar-refractivity contribution is -0.140. The highest BCUT2D eigenvalue weighted by Gasteiger charge is 2.44. The molecule has 5 heteroatoms. The lowest BCUT2D eigenvalue weighted by Gasteiger charge is -2.31. The zero-order valence-corrected chi connectivity index (χ0v) is 11.1. The van der Waals surface area contributed by atoms with Gasteiger partial charge >= 0.3 is 0 Å². The number of nitrogens with one attached hydrogen (secondary N) is 1. The third-order valence-electron chi connectivity index (χ3n) is 4.30. The highest BCUT2D eigenvalue weighted by molar-refractivity contribution is 5.85. The van der Waals surface area contributed by atoms with E-state index >= 15 is 0 Å². The van der Waals surface area contributed by atoms with Gasteiger partial charge in [0.05, 0.1) is 11.3 Å². The Hall–Kier alpha value is -1.10. The molecule has 2 heterocycles. The van der Waals surface area contributed by atoms with Crippen LogP contribution in [0.5, 0.6) is 0 Å². The van der Waals surface area contributed by atoms with Gasteiger partial charge < -0.3 is 16.0 Å². The van der Waals surface area contributed by atoms with Gasteiger partial charge in [-0.15, -0.1) is 0 Å². The number of likely N-dealkylation sites (tertiary alicyclic amines) is 1. The van der Waals surface area contributed by atoms with Gasteiger partial charge in [-0.3, -0.25) is 9.59 Å². The van der Waals surface area contributed by atoms with E-state index in [-0.39, 0.29) is 23.1 Å². The van der Waals surface area contributed by atoms with Crippen molar-refractivity contribution in [2.75, 3.05) is 26.2 Å². The van der Waals surface area contributed by atoms with Crippen molar-refractivity contribution in [1.29, 1.82) is 0 Å². The highest BCUT2D eigenvalue weighted by Crippen LogP contribution is 2.35. The summed E-state index contributed by atoms with van der Waals surface area (Å²) in [5.74, 6) is -0.209. The third-order valence-corrected chi connectivity index (χ3v) is 4.30. The first-order valence-electron chi connectivity index (χ1n) is 6.88. The first-order chi connectivity index (χ1) is 8.59. The Morgan fingerprint density at radius 2 is 2.28 bits per heavy atom. The topological polar surface area (TPSA) is 75.4 Å². The van der Waals surface area contributed by atoms with E-state index in [4.69, 9.17) is 5.73 Å². The van der Waals surface area contributed by atoms with Gasteiger partial charge in [0.1, 0.15) is 0 Å². The molecule has 18 heavy (non-hydrogen) atoms. The molecule has 2 amide bonds. The molecular weight excluding hydrogens is 230 g/mol. The number of nitrogens with zero attached hydrogens (tertiary/aromatic N) is 1. The van der Waals surface area contributed by atoms with E-state index in [0.717, 1.165) is 38.8 Å². The lowest BCUT2D eigenvalue weighted by Crippen LogP contribution is -2.44. The van der Waals surface area contributed by atoms with Crippen LogP contribution in [0.1, 0.15) is 32.6 Å². The SMILES string of the molecule is CCCC1(C(=O)N2CCC(C(N)=O)C2)CCNC1. The molecule has 0 bridgehead atoms. The minimum absolute atomic E-state index is 0.151. The van der Waals surface area contributed by atoms with Crippen LogP contribution in [-0.4, -0.2) is 42.9 Å². The normalized spacial score (nSPS) is 31.8. The molecule has 0 aromatic rings. The highest BCUT2D eigenvalue weighted by atomic mass is 16.2. The van der Waals surface area contributed by atoms with Gasteiger partial charge in [0.2, 0.25) is 11.8 Å². The average molecular weight is 253 g/mol. The second-order valence-electron chi connectivity index (χ2n) is 5.60. The minimum atomic E-state index is -0.278. The maximum absolute atomic E-state index is 12.7. The Balaban J connectivity index is 2.04. The van der Waals surface area contributed by atoms with E-state index in [0.29, 0.717) is 13.1 Å². The smallest absolute Gasteiger partial charge is 0.230 e. The van der Waals surface area contributed by atoms with Crippen molar-refractivity contribution in [3.8, 4) is 0 Å². The number of carbonyl (C=O) groups is 2. The van der Waals surface area contributed by atoms with Crippen LogP contribution >= 0.6 is 0 Å². The minimum Gasteiger partial charge on any atom is -0.369 e. The van der Waals surface area contributed by atoms with Crippen molar-refractivity contribution < 1.29 is 9.59 Å². The molecule has 2 fully saturated rings. The molecule has 0 aromatic carbocycles. The van der Waals surface area contributed by atoms with Gasteiger partial charge in [0, 0.05) is 19.6 Å². The van der Waals surface area contributed by atoms with Crippen LogP contribution in [0, 0.1) is 11.3 Å². The van der Waals surface area contributed by atoms with Crippen LogP contribution in [-0.2, 0) is 9.59 Å². The van der Waals surface area contributed by atoms with E-state index in [9.17, 15) is 9.59 Å². The maximum atomic E-state index is 12.7. The Morgan fingerprint density at radius 3 is 2.78 bits per heavy atom. The Labute approximate surface area is 108 Å². The van der Waals surface area contributed by atoms with Crippen molar-refractivity contribution in [2.45, 2.75) is 32.6 Å². The molecule has 2 aliphatic heterocycles. The van der Waals surface area contributed by atoms with Crippen molar-refractivity contribution >= 4 is 11.8 Å². The Bertz CT molecular complexity index is 337. The first kappa shape index (κ1) is 13.3. The average Bonchev–Trinajstić information content (AvgIpc) is 2.97. The standard InChI is InChI=1S/C13H23N3O2/c1-2-4-13(5-6-15-9-13)12(18)16-7-3-10(8-16)11(14)17/h10,15H,2-9H2,1H3,(H2,14,17). The van der Waals surface area contributed by atoms with Crippen LogP contribution in [0.15, 0.2) is 0 Å². The molecule has 0 aliphatic carbocycles. The second-order valence-corrected chi connectivity index (χ2v) is 5.60. The van der Waals surface area contributed by atoms with Gasteiger partial charge in [-0.1, -0.05) is 13.3 Å². The summed E-state index contributed by atoms with van der Waals surface area (Å²) in [5.41, 5.74) is 5.08. The van der Waals surface area contributed by atoms with Crippen molar-refractivity contribution in [2.24, 2.45) is 17.1 Å². The third kappa shape index (κ3) is 2.36. The van der Waals surface area contributed by atoms with E-state index < -0.39 is 0 Å². The van der Waals surface area contributed by atoms with Crippen molar-refractivity contribution in [3.63, 3.8) is 0 Å². The van der Waals surface area contributed by atoms with Gasteiger partial charge in [0.15, 0.2) is 0 Å². The summed E-state index contributed by atoms with van der Waals surface area (Å²) in [6.45, 7) is 5.00. The summed E-state index contributed by atoms with van der Waals surface area (Å²) < 4.78 is 0. The zero-order chi connectivity index (χ0) is 13.2. The summed E-state index contributed by atoms with van der Waals surface area (Å²) >= 11 is 0. The molecule has 5 nitrogen and oxygen atoms in total. The van der Waals surface area contributed by atoms with E-state index in [2.05, 4.69) is 12.2 Å². The summed E-state index contributed by atoms with van der Waals surface area (Å²) in [6.07, 6.45) is 3.57. The molecule has 3 N–H and O–H groups in total. The van der Waals surface area contributed by atoms with Crippen LogP contribution in [0.25, 0.3) is 0 Å². The second kappa shape index (κ2) is 5.26. The van der Waals surface area contributed by atoms with Crippen LogP contribution in [0.4, 0.5) is 0 Å². The Kier molecular flexibility index (Phi) is 3.90. The van der Waals surface area contributed by atoms with Crippen LogP contribution in [0.2, 0.25) is 0 Å². The summed E-state index contributed by atoms with van der Waals surface area (Å²) in [6, 6.07) is 0. The summed E-state index contributed by atoms with van der Waals surface area (Å²) in [4.78, 5) is 25.7. The summed E-state index contributed by atoms with van der Waals surface area (Å²) in [7, 11) is 0. The van der Waals surface area contributed by atoms with Crippen LogP contribution in [0.3, 0.4) is 0 Å². The molecule has 2 atom stereocenters. The summed E-state index contributed by atoms with van der Waals surface area (Å²) in [5, 5.41) is 3.30. The quantitative estimate of drug-likeness (QED) is 0.746.